The van der Waals surface area contributed by atoms with Crippen LogP contribution >= 0.6 is 0 Å². The minimum Gasteiger partial charge on any atom is -0.336 e. The van der Waals surface area contributed by atoms with Gasteiger partial charge >= 0.3 is 6.03 Å². The normalized spacial score (nSPS) is 15.6. The molecule has 1 aromatic rings. The lowest BCUT2D eigenvalue weighted by Gasteiger charge is -2.31. The Morgan fingerprint density at radius 2 is 1.96 bits per heavy atom. The number of urea groups is 1. The molecule has 1 aliphatic rings. The number of hydrogen-bond donors (Lipinski definition) is 1. The van der Waals surface area contributed by atoms with E-state index >= 15 is 0 Å². The van der Waals surface area contributed by atoms with Crippen LogP contribution in [0.25, 0.3) is 0 Å². The number of halogens is 2. The Morgan fingerprint density at radius 3 is 2.46 bits per heavy atom. The smallest absolute Gasteiger partial charge is 0.322 e. The van der Waals surface area contributed by atoms with Crippen LogP contribution in [0.5, 0.6) is 0 Å². The van der Waals surface area contributed by atoms with Crippen LogP contribution in [0.3, 0.4) is 0 Å². The van der Waals surface area contributed by atoms with Crippen molar-refractivity contribution < 1.29 is 18.4 Å². The summed E-state index contributed by atoms with van der Waals surface area (Å²) in [6, 6.07) is 1.25. The van der Waals surface area contributed by atoms with Crippen LogP contribution in [0.15, 0.2) is 12.1 Å². The number of anilines is 1. The molecule has 0 spiro atoms. The summed E-state index contributed by atoms with van der Waals surface area (Å²) in [7, 11) is 0. The lowest BCUT2D eigenvalue weighted by atomic mass is 10.0. The van der Waals surface area contributed by atoms with Gasteiger partial charge in [0.1, 0.15) is 11.6 Å². The molecule has 7 heteroatoms. The van der Waals surface area contributed by atoms with Crippen LogP contribution in [-0.4, -0.2) is 42.5 Å². The monoisotopic (exact) mass is 339 g/mol. The predicted molar refractivity (Wildman–Crippen MR) is 88.1 cm³/mol. The van der Waals surface area contributed by atoms with Crippen molar-refractivity contribution in [3.8, 4) is 0 Å². The van der Waals surface area contributed by atoms with E-state index in [-0.39, 0.29) is 29.8 Å². The molecule has 0 bridgehead atoms. The van der Waals surface area contributed by atoms with Gasteiger partial charge in [0, 0.05) is 31.7 Å². The second kappa shape index (κ2) is 7.15. The van der Waals surface area contributed by atoms with E-state index in [1.165, 1.54) is 4.90 Å². The first-order valence-electron chi connectivity index (χ1n) is 8.13. The molecule has 0 unspecified atom stereocenters. The van der Waals surface area contributed by atoms with Gasteiger partial charge in [-0.05, 0) is 25.8 Å². The molecule has 1 heterocycles. The lowest BCUT2D eigenvalue weighted by Crippen LogP contribution is -2.41. The summed E-state index contributed by atoms with van der Waals surface area (Å²) in [6.45, 7) is 8.71. The highest BCUT2D eigenvalue weighted by Gasteiger charge is 2.29. The minimum atomic E-state index is -0.921. The molecule has 0 saturated carbocycles. The zero-order valence-corrected chi connectivity index (χ0v) is 14.4. The first kappa shape index (κ1) is 18.2. The van der Waals surface area contributed by atoms with Crippen LogP contribution in [-0.2, 0) is 0 Å². The van der Waals surface area contributed by atoms with Gasteiger partial charge in [-0.2, -0.15) is 0 Å². The molecule has 1 aliphatic heterocycles. The number of amides is 3. The van der Waals surface area contributed by atoms with E-state index in [2.05, 4.69) is 5.32 Å². The van der Waals surface area contributed by atoms with E-state index in [1.807, 2.05) is 27.7 Å². The number of rotatable bonds is 5. The molecule has 1 aromatic carbocycles. The Labute approximate surface area is 140 Å². The first-order valence-corrected chi connectivity index (χ1v) is 8.13. The number of nitrogens with zero attached hydrogens (tertiary/aromatic N) is 2. The van der Waals surface area contributed by atoms with Crippen LogP contribution in [0, 0.1) is 17.6 Å². The van der Waals surface area contributed by atoms with E-state index in [0.717, 1.165) is 6.07 Å². The summed E-state index contributed by atoms with van der Waals surface area (Å²) in [5, 5.41) is 2.56. The lowest BCUT2D eigenvalue weighted by molar-refractivity contribution is 0.0655. The molecule has 0 aliphatic carbocycles. The molecular formula is C17H23F2N3O2. The molecule has 0 radical (unpaired) electrons. The maximum atomic E-state index is 14.2. The Bertz CT molecular complexity index is 649. The number of carbonyl (C=O) groups is 2. The molecule has 1 atom stereocenters. The average molecular weight is 339 g/mol. The van der Waals surface area contributed by atoms with Gasteiger partial charge in [-0.25, -0.2) is 13.6 Å². The van der Waals surface area contributed by atoms with Gasteiger partial charge in [0.2, 0.25) is 0 Å². The zero-order chi connectivity index (χ0) is 18.0. The van der Waals surface area contributed by atoms with Gasteiger partial charge in [0.25, 0.3) is 5.91 Å². The van der Waals surface area contributed by atoms with Crippen LogP contribution in [0.4, 0.5) is 19.3 Å². The molecule has 2 rings (SSSR count). The van der Waals surface area contributed by atoms with E-state index in [4.69, 9.17) is 0 Å². The molecule has 3 amide bonds. The summed E-state index contributed by atoms with van der Waals surface area (Å²) in [6.07, 6.45) is 0. The molecule has 1 N–H and O–H groups in total. The molecule has 1 saturated heterocycles. The van der Waals surface area contributed by atoms with Gasteiger partial charge in [0.05, 0.1) is 11.3 Å². The van der Waals surface area contributed by atoms with Gasteiger partial charge in [0.15, 0.2) is 0 Å². The van der Waals surface area contributed by atoms with Crippen molar-refractivity contribution in [1.29, 1.82) is 0 Å². The fourth-order valence-corrected chi connectivity index (χ4v) is 2.74. The maximum absolute atomic E-state index is 14.2. The third-order valence-corrected chi connectivity index (χ3v) is 4.47. The quantitative estimate of drug-likeness (QED) is 0.897. The molecule has 1 fully saturated rings. The van der Waals surface area contributed by atoms with Gasteiger partial charge in [-0.1, -0.05) is 13.8 Å². The number of benzene rings is 1. The zero-order valence-electron chi connectivity index (χ0n) is 14.4. The fourth-order valence-electron chi connectivity index (χ4n) is 2.74. The van der Waals surface area contributed by atoms with Crippen molar-refractivity contribution in [2.75, 3.05) is 24.5 Å². The molecule has 132 valence electrons. The minimum absolute atomic E-state index is 0.0806. The number of nitrogens with one attached hydrogen (secondary N) is 1. The van der Waals surface area contributed by atoms with Crippen LogP contribution < -0.4 is 10.2 Å². The van der Waals surface area contributed by atoms with Crippen molar-refractivity contribution in [3.05, 3.63) is 29.3 Å². The molecule has 0 aromatic heterocycles. The van der Waals surface area contributed by atoms with Gasteiger partial charge in [-0.15, -0.1) is 0 Å². The predicted octanol–water partition coefficient (Wildman–Crippen LogP) is 3.00. The van der Waals surface area contributed by atoms with Crippen LogP contribution in [0.1, 0.15) is 38.1 Å². The van der Waals surface area contributed by atoms with Crippen LogP contribution in [0.2, 0.25) is 0 Å². The van der Waals surface area contributed by atoms with Gasteiger partial charge in [-0.3, -0.25) is 9.69 Å². The van der Waals surface area contributed by atoms with Crippen molar-refractivity contribution in [2.45, 2.75) is 33.7 Å². The second-order valence-corrected chi connectivity index (χ2v) is 6.24. The Morgan fingerprint density at radius 1 is 1.29 bits per heavy atom. The van der Waals surface area contributed by atoms with E-state index in [9.17, 15) is 18.4 Å². The summed E-state index contributed by atoms with van der Waals surface area (Å²) >= 11 is 0. The fraction of sp³-hybridized carbons (Fsp3) is 0.529. The summed E-state index contributed by atoms with van der Waals surface area (Å²) < 4.78 is 28.3. The van der Waals surface area contributed by atoms with Crippen molar-refractivity contribution in [1.82, 2.24) is 10.2 Å². The highest BCUT2D eigenvalue weighted by Crippen LogP contribution is 2.26. The van der Waals surface area contributed by atoms with Gasteiger partial charge < -0.3 is 10.2 Å². The standard InChI is InChI=1S/C17H23F2N3O2/c1-5-21(11(4)10(2)3)16(23)12-8-15(14(19)9-13(12)18)22-7-6-20-17(22)24/h8-11H,5-7H2,1-4H3,(H,20,24)/t11-/m0/s1. The topological polar surface area (TPSA) is 52.7 Å². The van der Waals surface area contributed by atoms with E-state index in [1.54, 1.807) is 4.90 Å². The second-order valence-electron chi connectivity index (χ2n) is 6.24. The summed E-state index contributed by atoms with van der Waals surface area (Å²) in [5.41, 5.74) is -0.302. The molecular weight excluding hydrogens is 316 g/mol. The Kier molecular flexibility index (Phi) is 5.41. The highest BCUT2D eigenvalue weighted by molar-refractivity contribution is 5.99. The largest absolute Gasteiger partial charge is 0.336 e. The summed E-state index contributed by atoms with van der Waals surface area (Å²) in [4.78, 5) is 27.2. The van der Waals surface area contributed by atoms with E-state index < -0.39 is 23.6 Å². The average Bonchev–Trinajstić information content (AvgIpc) is 2.93. The van der Waals surface area contributed by atoms with Crippen molar-refractivity contribution in [3.63, 3.8) is 0 Å². The summed E-state index contributed by atoms with van der Waals surface area (Å²) in [5.74, 6) is -2.09. The number of hydrogen-bond acceptors (Lipinski definition) is 2. The molecule has 5 nitrogen and oxygen atoms in total. The number of carbonyl (C=O) groups excluding carboxylic acids is 2. The SMILES string of the molecule is CCN(C(=O)c1cc(N2CCNC2=O)c(F)cc1F)[C@@H](C)C(C)C. The van der Waals surface area contributed by atoms with Crippen molar-refractivity contribution >= 4 is 17.6 Å². The van der Waals surface area contributed by atoms with Crippen molar-refractivity contribution in [2.24, 2.45) is 5.92 Å². The highest BCUT2D eigenvalue weighted by atomic mass is 19.1. The molecule has 24 heavy (non-hydrogen) atoms. The maximum Gasteiger partial charge on any atom is 0.322 e. The third kappa shape index (κ3) is 3.34. The first-order chi connectivity index (χ1) is 11.3. The Hall–Kier alpha value is -2.18. The third-order valence-electron chi connectivity index (χ3n) is 4.47. The van der Waals surface area contributed by atoms with E-state index in [0.29, 0.717) is 19.2 Å². The Balaban J connectivity index is 2.42.